The van der Waals surface area contributed by atoms with Crippen LogP contribution in [0.5, 0.6) is 0 Å². The Balaban J connectivity index is 1.81. The summed E-state index contributed by atoms with van der Waals surface area (Å²) in [5.41, 5.74) is 3.54. The van der Waals surface area contributed by atoms with Gasteiger partial charge in [0, 0.05) is 20.5 Å². The normalized spacial score (nSPS) is 16.2. The summed E-state index contributed by atoms with van der Waals surface area (Å²) in [5, 5.41) is 3.87. The molecule has 130 valence electrons. The molecule has 2 amide bonds. The van der Waals surface area contributed by atoms with Crippen molar-refractivity contribution >= 4 is 23.6 Å². The van der Waals surface area contributed by atoms with E-state index in [0.717, 1.165) is 33.9 Å². The zero-order chi connectivity index (χ0) is 17.7. The van der Waals surface area contributed by atoms with E-state index in [0.29, 0.717) is 6.42 Å². The van der Waals surface area contributed by atoms with E-state index in [1.165, 1.54) is 14.1 Å². The van der Waals surface area contributed by atoms with Crippen LogP contribution in [0.4, 0.5) is 0 Å². The highest BCUT2D eigenvalue weighted by Crippen LogP contribution is 2.19. The Bertz CT molecular complexity index is 782. The lowest BCUT2D eigenvalue weighted by Crippen LogP contribution is -2.43. The van der Waals surface area contributed by atoms with Gasteiger partial charge in [0.15, 0.2) is 5.03 Å². The fraction of sp³-hybridized carbons (Fsp3) is 0.500. The first kappa shape index (κ1) is 18.0. The maximum absolute atomic E-state index is 11.9. The van der Waals surface area contributed by atoms with Crippen molar-refractivity contribution in [2.75, 3.05) is 5.75 Å². The number of carbonyl (C=O) groups is 2. The highest BCUT2D eigenvalue weighted by molar-refractivity contribution is 7.99. The molecule has 0 saturated carbocycles. The van der Waals surface area contributed by atoms with Gasteiger partial charge in [-0.15, -0.1) is 0 Å². The number of aromatic nitrogens is 3. The van der Waals surface area contributed by atoms with Gasteiger partial charge in [0.2, 0.25) is 11.8 Å². The van der Waals surface area contributed by atoms with Crippen molar-refractivity contribution in [3.8, 4) is 0 Å². The summed E-state index contributed by atoms with van der Waals surface area (Å²) in [7, 11) is 2.76. The summed E-state index contributed by atoms with van der Waals surface area (Å²) in [6, 6.07) is 0. The SMILES string of the molecule is Cn1nc(SCC(=O)NNC(=O)C[C@H]2C=CCC2)c(=O)n(C)c1=O. The largest absolute Gasteiger partial charge is 0.346 e. The molecule has 0 spiro atoms. The van der Waals surface area contributed by atoms with E-state index in [1.54, 1.807) is 0 Å². The van der Waals surface area contributed by atoms with E-state index in [4.69, 9.17) is 0 Å². The van der Waals surface area contributed by atoms with Crippen molar-refractivity contribution in [3.05, 3.63) is 33.0 Å². The molecule has 0 saturated heterocycles. The molecule has 0 aliphatic heterocycles. The van der Waals surface area contributed by atoms with Gasteiger partial charge in [-0.05, 0) is 18.8 Å². The van der Waals surface area contributed by atoms with Crippen LogP contribution in [0.1, 0.15) is 19.3 Å². The number of nitrogens with zero attached hydrogens (tertiary/aromatic N) is 3. The van der Waals surface area contributed by atoms with Crippen molar-refractivity contribution in [1.82, 2.24) is 25.2 Å². The summed E-state index contributed by atoms with van der Waals surface area (Å²) in [6.45, 7) is 0. The molecule has 0 unspecified atom stereocenters. The van der Waals surface area contributed by atoms with Crippen LogP contribution in [0.2, 0.25) is 0 Å². The lowest BCUT2D eigenvalue weighted by atomic mass is 10.1. The highest BCUT2D eigenvalue weighted by atomic mass is 32.2. The number of hydrogen-bond donors (Lipinski definition) is 2. The van der Waals surface area contributed by atoms with Gasteiger partial charge in [-0.1, -0.05) is 23.9 Å². The van der Waals surface area contributed by atoms with E-state index in [2.05, 4.69) is 16.0 Å². The smallest absolute Gasteiger partial charge is 0.273 e. The van der Waals surface area contributed by atoms with Crippen LogP contribution in [0.3, 0.4) is 0 Å². The quantitative estimate of drug-likeness (QED) is 0.402. The average molecular weight is 353 g/mol. The third-order valence-electron chi connectivity index (χ3n) is 3.53. The van der Waals surface area contributed by atoms with Gasteiger partial charge in [0.05, 0.1) is 5.75 Å². The number of rotatable bonds is 5. The molecule has 1 atom stereocenters. The fourth-order valence-corrected chi connectivity index (χ4v) is 3.00. The minimum absolute atomic E-state index is 0.0390. The zero-order valence-corrected chi connectivity index (χ0v) is 14.3. The number of amides is 2. The number of hydrazine groups is 1. The van der Waals surface area contributed by atoms with E-state index in [1.807, 2.05) is 12.2 Å². The summed E-state index contributed by atoms with van der Waals surface area (Å²) >= 11 is 0.898. The monoisotopic (exact) mass is 353 g/mol. The number of aryl methyl sites for hydroxylation is 1. The average Bonchev–Trinajstić information content (AvgIpc) is 3.06. The Labute approximate surface area is 142 Å². The summed E-state index contributed by atoms with van der Waals surface area (Å²) in [4.78, 5) is 46.8. The van der Waals surface area contributed by atoms with Gasteiger partial charge in [-0.2, -0.15) is 5.10 Å². The van der Waals surface area contributed by atoms with Gasteiger partial charge < -0.3 is 0 Å². The molecule has 2 rings (SSSR count). The molecule has 0 bridgehead atoms. The molecule has 1 aliphatic carbocycles. The number of nitrogens with one attached hydrogen (secondary N) is 2. The molecule has 1 aromatic rings. The van der Waals surface area contributed by atoms with E-state index in [-0.39, 0.29) is 22.6 Å². The number of hydrogen-bond acceptors (Lipinski definition) is 6. The maximum atomic E-state index is 11.9. The molecule has 0 fully saturated rings. The van der Waals surface area contributed by atoms with E-state index in [9.17, 15) is 19.2 Å². The Morgan fingerprint density at radius 1 is 1.29 bits per heavy atom. The number of thioether (sulfide) groups is 1. The first-order valence-corrected chi connectivity index (χ1v) is 8.38. The van der Waals surface area contributed by atoms with Crippen LogP contribution >= 0.6 is 11.8 Å². The second-order valence-electron chi connectivity index (χ2n) is 5.43. The highest BCUT2D eigenvalue weighted by Gasteiger charge is 2.15. The van der Waals surface area contributed by atoms with Crippen molar-refractivity contribution in [1.29, 1.82) is 0 Å². The summed E-state index contributed by atoms with van der Waals surface area (Å²) in [6.07, 6.45) is 6.28. The van der Waals surface area contributed by atoms with Crippen LogP contribution in [0, 0.1) is 5.92 Å². The predicted octanol–water partition coefficient (Wildman–Crippen LogP) is -0.925. The lowest BCUT2D eigenvalue weighted by Gasteiger charge is -2.10. The number of carbonyl (C=O) groups excluding carboxylic acids is 2. The van der Waals surface area contributed by atoms with Crippen molar-refractivity contribution in [3.63, 3.8) is 0 Å². The van der Waals surface area contributed by atoms with E-state index < -0.39 is 17.2 Å². The van der Waals surface area contributed by atoms with Crippen molar-refractivity contribution < 1.29 is 9.59 Å². The minimum atomic E-state index is -0.562. The Kier molecular flexibility index (Phi) is 5.96. The van der Waals surface area contributed by atoms with Gasteiger partial charge in [0.1, 0.15) is 0 Å². The standard InChI is InChI=1S/C14H19N5O4S/c1-18-13(22)12(17-19(2)14(18)23)24-8-11(21)16-15-10(20)7-9-5-3-4-6-9/h3,5,9H,4,6-8H2,1-2H3,(H,15,20)(H,16,21)/t9-/m0/s1. The predicted molar refractivity (Wildman–Crippen MR) is 88.2 cm³/mol. The molecule has 10 heteroatoms. The van der Waals surface area contributed by atoms with Crippen LogP contribution in [0.15, 0.2) is 26.8 Å². The third kappa shape index (κ3) is 4.57. The summed E-state index contributed by atoms with van der Waals surface area (Å²) < 4.78 is 1.95. The molecule has 1 heterocycles. The van der Waals surface area contributed by atoms with Gasteiger partial charge >= 0.3 is 5.69 Å². The zero-order valence-electron chi connectivity index (χ0n) is 13.4. The first-order chi connectivity index (χ1) is 11.4. The first-order valence-electron chi connectivity index (χ1n) is 7.40. The van der Waals surface area contributed by atoms with Gasteiger partial charge in [-0.3, -0.25) is 29.8 Å². The molecule has 0 radical (unpaired) electrons. The second kappa shape index (κ2) is 7.95. The van der Waals surface area contributed by atoms with Crippen molar-refractivity contribution in [2.45, 2.75) is 24.3 Å². The minimum Gasteiger partial charge on any atom is -0.273 e. The van der Waals surface area contributed by atoms with Crippen LogP contribution in [0.25, 0.3) is 0 Å². The van der Waals surface area contributed by atoms with Crippen LogP contribution in [-0.2, 0) is 23.7 Å². The molecule has 2 N–H and O–H groups in total. The molecule has 9 nitrogen and oxygen atoms in total. The summed E-state index contributed by atoms with van der Waals surface area (Å²) in [5.74, 6) is -0.618. The second-order valence-corrected chi connectivity index (χ2v) is 6.39. The molecule has 1 aliphatic rings. The van der Waals surface area contributed by atoms with Gasteiger partial charge in [0.25, 0.3) is 5.56 Å². The van der Waals surface area contributed by atoms with Crippen LogP contribution in [-0.4, -0.2) is 31.9 Å². The molecule has 0 aromatic carbocycles. The lowest BCUT2D eigenvalue weighted by molar-refractivity contribution is -0.128. The Hall–Kier alpha value is -2.36. The topological polar surface area (TPSA) is 115 Å². The fourth-order valence-electron chi connectivity index (χ4n) is 2.22. The number of allylic oxidation sites excluding steroid dienone is 2. The molecule has 1 aromatic heterocycles. The molecular weight excluding hydrogens is 334 g/mol. The maximum Gasteiger partial charge on any atom is 0.346 e. The molecule has 24 heavy (non-hydrogen) atoms. The van der Waals surface area contributed by atoms with Crippen molar-refractivity contribution in [2.24, 2.45) is 20.0 Å². The Morgan fingerprint density at radius 3 is 2.67 bits per heavy atom. The third-order valence-corrected chi connectivity index (χ3v) is 4.47. The van der Waals surface area contributed by atoms with E-state index >= 15 is 0 Å². The molecular formula is C14H19N5O4S. The van der Waals surface area contributed by atoms with Crippen LogP contribution < -0.4 is 22.1 Å². The van der Waals surface area contributed by atoms with Gasteiger partial charge in [-0.25, -0.2) is 9.48 Å². The Morgan fingerprint density at radius 2 is 2.00 bits per heavy atom.